The predicted octanol–water partition coefficient (Wildman–Crippen LogP) is 5.22. The van der Waals surface area contributed by atoms with Crippen LogP contribution in [0.2, 0.25) is 10.0 Å². The average molecular weight is 369 g/mol. The van der Waals surface area contributed by atoms with Crippen molar-refractivity contribution in [2.45, 2.75) is 19.3 Å². The minimum absolute atomic E-state index is 0.0940. The van der Waals surface area contributed by atoms with E-state index in [1.165, 1.54) is 12.1 Å². The topological polar surface area (TPSA) is 92.5 Å². The Kier molecular flexibility index (Phi) is 5.64. The highest BCUT2D eigenvalue weighted by Gasteiger charge is 2.19. The molecule has 2 rings (SSSR count). The molecule has 1 unspecified atom stereocenters. The Labute approximate surface area is 148 Å². The van der Waals surface area contributed by atoms with Crippen molar-refractivity contribution in [1.82, 2.24) is 0 Å². The summed E-state index contributed by atoms with van der Waals surface area (Å²) in [6.45, 7) is 1.80. The summed E-state index contributed by atoms with van der Waals surface area (Å²) < 4.78 is 0. The second-order valence-electron chi connectivity index (χ2n) is 5.09. The number of hydrogen-bond donors (Lipinski definition) is 2. The van der Waals surface area contributed by atoms with E-state index in [-0.39, 0.29) is 21.4 Å². The van der Waals surface area contributed by atoms with E-state index in [0.29, 0.717) is 17.7 Å². The Bertz CT molecular complexity index is 778. The number of carboxylic acids is 1. The van der Waals surface area contributed by atoms with Crippen LogP contribution in [0.4, 0.5) is 17.1 Å². The fourth-order valence-electron chi connectivity index (χ4n) is 2.29. The van der Waals surface area contributed by atoms with E-state index >= 15 is 0 Å². The summed E-state index contributed by atoms with van der Waals surface area (Å²) in [5.41, 5.74) is 1.23. The first-order chi connectivity index (χ1) is 11.3. The summed E-state index contributed by atoms with van der Waals surface area (Å²) in [5.74, 6) is -1.48. The van der Waals surface area contributed by atoms with E-state index in [1.54, 1.807) is 31.2 Å². The Morgan fingerprint density at radius 2 is 1.83 bits per heavy atom. The third-order valence-electron chi connectivity index (χ3n) is 3.53. The Balaban J connectivity index is 2.31. The first kappa shape index (κ1) is 18.0. The van der Waals surface area contributed by atoms with Crippen LogP contribution in [0.1, 0.15) is 24.8 Å². The van der Waals surface area contributed by atoms with Gasteiger partial charge in [0, 0.05) is 11.8 Å². The molecule has 1 atom stereocenters. The number of anilines is 2. The molecular weight excluding hydrogens is 355 g/mol. The molecule has 0 aliphatic rings. The molecular formula is C16H14Cl2N2O4. The molecule has 0 radical (unpaired) electrons. The molecule has 0 aliphatic carbocycles. The summed E-state index contributed by atoms with van der Waals surface area (Å²) in [6, 6.07) is 9.22. The van der Waals surface area contributed by atoms with E-state index in [9.17, 15) is 14.9 Å². The zero-order valence-corrected chi connectivity index (χ0v) is 14.1. The number of aliphatic carboxylic acids is 1. The van der Waals surface area contributed by atoms with Crippen LogP contribution in [0, 0.1) is 10.1 Å². The molecule has 24 heavy (non-hydrogen) atoms. The highest BCUT2D eigenvalue weighted by Crippen LogP contribution is 2.35. The molecule has 8 heteroatoms. The normalized spacial score (nSPS) is 11.8. The molecule has 0 bridgehead atoms. The zero-order chi connectivity index (χ0) is 17.9. The van der Waals surface area contributed by atoms with Crippen molar-refractivity contribution in [3.8, 4) is 0 Å². The standard InChI is InChI=1S/C16H14Cl2N2O4/c1-2-11(16(21)22)9-3-5-10(6-4-9)19-14-7-12(17)13(18)8-15(14)20(23)24/h3-8,11,19H,2H2,1H3,(H,21,22). The van der Waals surface area contributed by atoms with Gasteiger partial charge in [0.25, 0.3) is 5.69 Å². The molecule has 2 N–H and O–H groups in total. The van der Waals surface area contributed by atoms with Gasteiger partial charge in [0.15, 0.2) is 0 Å². The van der Waals surface area contributed by atoms with Crippen molar-refractivity contribution < 1.29 is 14.8 Å². The van der Waals surface area contributed by atoms with Crippen molar-refractivity contribution in [2.24, 2.45) is 0 Å². The largest absolute Gasteiger partial charge is 0.481 e. The molecule has 0 saturated heterocycles. The summed E-state index contributed by atoms with van der Waals surface area (Å²) >= 11 is 11.7. The molecule has 2 aromatic carbocycles. The van der Waals surface area contributed by atoms with E-state index < -0.39 is 16.8 Å². The second kappa shape index (κ2) is 7.51. The van der Waals surface area contributed by atoms with E-state index in [0.717, 1.165) is 0 Å². The number of nitrogens with zero attached hydrogens (tertiary/aromatic N) is 1. The van der Waals surface area contributed by atoms with Gasteiger partial charge < -0.3 is 10.4 Å². The lowest BCUT2D eigenvalue weighted by Gasteiger charge is -2.12. The van der Waals surface area contributed by atoms with Crippen LogP contribution in [0.15, 0.2) is 36.4 Å². The predicted molar refractivity (Wildman–Crippen MR) is 93.5 cm³/mol. The first-order valence-electron chi connectivity index (χ1n) is 7.06. The Morgan fingerprint density at radius 1 is 1.25 bits per heavy atom. The molecule has 0 aromatic heterocycles. The maximum Gasteiger partial charge on any atom is 0.310 e. The maximum absolute atomic E-state index is 11.2. The van der Waals surface area contributed by atoms with Crippen LogP contribution in [0.25, 0.3) is 0 Å². The maximum atomic E-state index is 11.2. The third-order valence-corrected chi connectivity index (χ3v) is 4.26. The lowest BCUT2D eigenvalue weighted by molar-refractivity contribution is -0.383. The lowest BCUT2D eigenvalue weighted by Crippen LogP contribution is -2.10. The number of halogens is 2. The van der Waals surface area contributed by atoms with Crippen LogP contribution in [0.5, 0.6) is 0 Å². The van der Waals surface area contributed by atoms with Crippen LogP contribution in [-0.2, 0) is 4.79 Å². The van der Waals surface area contributed by atoms with Gasteiger partial charge >= 0.3 is 5.97 Å². The Hall–Kier alpha value is -2.31. The molecule has 0 fully saturated rings. The molecule has 126 valence electrons. The fourth-order valence-corrected chi connectivity index (χ4v) is 2.62. The molecule has 2 aromatic rings. The van der Waals surface area contributed by atoms with Gasteiger partial charge in [-0.3, -0.25) is 14.9 Å². The minimum Gasteiger partial charge on any atom is -0.481 e. The van der Waals surface area contributed by atoms with Crippen LogP contribution in [0.3, 0.4) is 0 Å². The number of nitro benzene ring substituents is 1. The van der Waals surface area contributed by atoms with Gasteiger partial charge in [0.05, 0.1) is 20.9 Å². The number of carbonyl (C=O) groups is 1. The van der Waals surface area contributed by atoms with Gasteiger partial charge in [-0.05, 0) is 30.2 Å². The molecule has 0 saturated carbocycles. The van der Waals surface area contributed by atoms with Crippen molar-refractivity contribution in [3.05, 3.63) is 62.1 Å². The quantitative estimate of drug-likeness (QED) is 0.538. The smallest absolute Gasteiger partial charge is 0.310 e. The number of nitro groups is 1. The summed E-state index contributed by atoms with van der Waals surface area (Å²) in [6.07, 6.45) is 0.473. The van der Waals surface area contributed by atoms with Crippen molar-refractivity contribution in [3.63, 3.8) is 0 Å². The molecule has 0 spiro atoms. The van der Waals surface area contributed by atoms with Gasteiger partial charge in [-0.1, -0.05) is 42.3 Å². The Morgan fingerprint density at radius 3 is 2.33 bits per heavy atom. The van der Waals surface area contributed by atoms with Crippen molar-refractivity contribution in [1.29, 1.82) is 0 Å². The van der Waals surface area contributed by atoms with E-state index in [4.69, 9.17) is 28.3 Å². The number of hydrogen-bond acceptors (Lipinski definition) is 4. The number of benzene rings is 2. The van der Waals surface area contributed by atoms with Crippen LogP contribution in [-0.4, -0.2) is 16.0 Å². The fraction of sp³-hybridized carbons (Fsp3) is 0.188. The van der Waals surface area contributed by atoms with Gasteiger partial charge in [0.2, 0.25) is 0 Å². The second-order valence-corrected chi connectivity index (χ2v) is 5.90. The molecule has 0 aliphatic heterocycles. The summed E-state index contributed by atoms with van der Waals surface area (Å²) in [7, 11) is 0. The van der Waals surface area contributed by atoms with Gasteiger partial charge in [-0.25, -0.2) is 0 Å². The third kappa shape index (κ3) is 3.96. The molecule has 6 nitrogen and oxygen atoms in total. The van der Waals surface area contributed by atoms with Crippen molar-refractivity contribution >= 4 is 46.2 Å². The van der Waals surface area contributed by atoms with Gasteiger partial charge in [-0.15, -0.1) is 0 Å². The first-order valence-corrected chi connectivity index (χ1v) is 7.82. The van der Waals surface area contributed by atoms with Crippen molar-refractivity contribution in [2.75, 3.05) is 5.32 Å². The minimum atomic E-state index is -0.890. The van der Waals surface area contributed by atoms with Gasteiger partial charge in [-0.2, -0.15) is 0 Å². The highest BCUT2D eigenvalue weighted by molar-refractivity contribution is 6.42. The molecule has 0 amide bonds. The number of nitrogens with one attached hydrogen (secondary N) is 1. The zero-order valence-electron chi connectivity index (χ0n) is 12.6. The number of rotatable bonds is 6. The van der Waals surface area contributed by atoms with E-state index in [2.05, 4.69) is 5.32 Å². The van der Waals surface area contributed by atoms with Crippen LogP contribution >= 0.6 is 23.2 Å². The van der Waals surface area contributed by atoms with E-state index in [1.807, 2.05) is 0 Å². The van der Waals surface area contributed by atoms with Gasteiger partial charge in [0.1, 0.15) is 5.69 Å². The van der Waals surface area contributed by atoms with Crippen LogP contribution < -0.4 is 5.32 Å². The highest BCUT2D eigenvalue weighted by atomic mass is 35.5. The molecule has 0 heterocycles. The SMILES string of the molecule is CCC(C(=O)O)c1ccc(Nc2cc(Cl)c(Cl)cc2[N+](=O)[O-])cc1. The number of carboxylic acid groups (broad SMARTS) is 1. The summed E-state index contributed by atoms with van der Waals surface area (Å²) in [5, 5.41) is 23.5. The lowest BCUT2D eigenvalue weighted by atomic mass is 9.96. The summed E-state index contributed by atoms with van der Waals surface area (Å²) in [4.78, 5) is 21.8. The average Bonchev–Trinajstić information content (AvgIpc) is 2.52. The monoisotopic (exact) mass is 368 g/mol.